The molecule has 2 nitrogen and oxygen atoms in total. The van der Waals surface area contributed by atoms with Gasteiger partial charge in [-0.15, -0.1) is 0 Å². The molecule has 2 aromatic rings. The van der Waals surface area contributed by atoms with E-state index in [1.165, 1.54) is 24.6 Å². The molecule has 0 bridgehead atoms. The van der Waals surface area contributed by atoms with Crippen LogP contribution >= 0.6 is 0 Å². The van der Waals surface area contributed by atoms with E-state index < -0.39 is 0 Å². The molecule has 0 radical (unpaired) electrons. The predicted octanol–water partition coefficient (Wildman–Crippen LogP) is 4.08. The first-order valence-electron chi connectivity index (χ1n) is 7.82. The van der Waals surface area contributed by atoms with Crippen molar-refractivity contribution in [1.29, 1.82) is 0 Å². The molecule has 2 N–H and O–H groups in total. The first-order chi connectivity index (χ1) is 9.68. The standard InChI is InChI=1S/C18H24N2/c1-2-14-9-11-18(19,12-10-14)13-16-8-7-15-5-3-4-6-17(15)20-16/h3-8,14H,2,9-13,19H2,1H3. The van der Waals surface area contributed by atoms with Gasteiger partial charge in [-0.05, 0) is 43.7 Å². The van der Waals surface area contributed by atoms with Crippen LogP contribution in [0.3, 0.4) is 0 Å². The summed E-state index contributed by atoms with van der Waals surface area (Å²) in [5.74, 6) is 0.885. The van der Waals surface area contributed by atoms with Gasteiger partial charge in [0.15, 0.2) is 0 Å². The van der Waals surface area contributed by atoms with Gasteiger partial charge in [0.1, 0.15) is 0 Å². The van der Waals surface area contributed by atoms with Gasteiger partial charge >= 0.3 is 0 Å². The molecule has 106 valence electrons. The maximum absolute atomic E-state index is 6.61. The summed E-state index contributed by atoms with van der Waals surface area (Å²) in [7, 11) is 0. The van der Waals surface area contributed by atoms with Crippen LogP contribution in [-0.2, 0) is 6.42 Å². The van der Waals surface area contributed by atoms with Gasteiger partial charge in [0.05, 0.1) is 5.52 Å². The molecule has 0 saturated heterocycles. The number of rotatable bonds is 3. The minimum Gasteiger partial charge on any atom is -0.325 e. The van der Waals surface area contributed by atoms with E-state index in [1.54, 1.807) is 0 Å². The van der Waals surface area contributed by atoms with Crippen LogP contribution in [0.15, 0.2) is 36.4 Å². The summed E-state index contributed by atoms with van der Waals surface area (Å²) < 4.78 is 0. The van der Waals surface area contributed by atoms with E-state index in [9.17, 15) is 0 Å². The normalized spacial score (nSPS) is 26.8. The molecule has 0 spiro atoms. The van der Waals surface area contributed by atoms with Gasteiger partial charge in [-0.2, -0.15) is 0 Å². The fraction of sp³-hybridized carbons (Fsp3) is 0.500. The van der Waals surface area contributed by atoms with Gasteiger partial charge in [-0.1, -0.05) is 37.6 Å². The summed E-state index contributed by atoms with van der Waals surface area (Å²) in [5, 5.41) is 1.21. The summed E-state index contributed by atoms with van der Waals surface area (Å²) in [6.07, 6.45) is 7.04. The lowest BCUT2D eigenvalue weighted by Crippen LogP contribution is -2.45. The van der Waals surface area contributed by atoms with Gasteiger partial charge in [0.25, 0.3) is 0 Å². The molecule has 2 heteroatoms. The number of aromatic nitrogens is 1. The molecule has 1 aromatic heterocycles. The lowest BCUT2D eigenvalue weighted by atomic mass is 9.74. The number of nitrogens with zero attached hydrogens (tertiary/aromatic N) is 1. The molecule has 1 aromatic carbocycles. The Kier molecular flexibility index (Phi) is 3.75. The van der Waals surface area contributed by atoms with Crippen molar-refractivity contribution in [1.82, 2.24) is 4.98 Å². The summed E-state index contributed by atoms with van der Waals surface area (Å²) in [6.45, 7) is 2.29. The Hall–Kier alpha value is -1.41. The monoisotopic (exact) mass is 268 g/mol. The lowest BCUT2D eigenvalue weighted by Gasteiger charge is -2.37. The first kappa shape index (κ1) is 13.6. The topological polar surface area (TPSA) is 38.9 Å². The van der Waals surface area contributed by atoms with Crippen molar-refractivity contribution in [3.63, 3.8) is 0 Å². The third-order valence-electron chi connectivity index (χ3n) is 4.87. The molecule has 0 amide bonds. The van der Waals surface area contributed by atoms with Crippen molar-refractivity contribution >= 4 is 10.9 Å². The third-order valence-corrected chi connectivity index (χ3v) is 4.87. The molecular weight excluding hydrogens is 244 g/mol. The molecule has 1 fully saturated rings. The minimum absolute atomic E-state index is 0.0405. The second-order valence-electron chi connectivity index (χ2n) is 6.39. The highest BCUT2D eigenvalue weighted by molar-refractivity contribution is 5.78. The van der Waals surface area contributed by atoms with E-state index in [0.717, 1.165) is 36.4 Å². The van der Waals surface area contributed by atoms with Crippen molar-refractivity contribution in [2.24, 2.45) is 11.7 Å². The van der Waals surface area contributed by atoms with Crippen LogP contribution in [0.1, 0.15) is 44.7 Å². The van der Waals surface area contributed by atoms with Crippen LogP contribution in [0.2, 0.25) is 0 Å². The third kappa shape index (κ3) is 2.85. The molecule has 1 heterocycles. The average Bonchev–Trinajstić information content (AvgIpc) is 2.48. The lowest BCUT2D eigenvalue weighted by molar-refractivity contribution is 0.227. The van der Waals surface area contributed by atoms with E-state index >= 15 is 0 Å². The van der Waals surface area contributed by atoms with Crippen molar-refractivity contribution in [3.8, 4) is 0 Å². The highest BCUT2D eigenvalue weighted by Crippen LogP contribution is 2.34. The highest BCUT2D eigenvalue weighted by atomic mass is 14.8. The van der Waals surface area contributed by atoms with Gasteiger partial charge < -0.3 is 5.73 Å². The van der Waals surface area contributed by atoms with E-state index in [-0.39, 0.29) is 5.54 Å². The Bertz CT molecular complexity index is 583. The molecule has 1 aliphatic carbocycles. The molecule has 1 aliphatic rings. The number of fused-ring (bicyclic) bond motifs is 1. The van der Waals surface area contributed by atoms with Gasteiger partial charge in [0, 0.05) is 23.0 Å². The Morgan fingerprint density at radius 2 is 1.90 bits per heavy atom. The van der Waals surface area contributed by atoms with E-state index in [1.807, 2.05) is 6.07 Å². The molecular formula is C18H24N2. The number of pyridine rings is 1. The SMILES string of the molecule is CCC1CCC(N)(Cc2ccc3ccccc3n2)CC1. The van der Waals surface area contributed by atoms with Gasteiger partial charge in [-0.25, -0.2) is 0 Å². The quantitative estimate of drug-likeness (QED) is 0.911. The zero-order valence-electron chi connectivity index (χ0n) is 12.3. The average molecular weight is 268 g/mol. The zero-order valence-corrected chi connectivity index (χ0v) is 12.3. The largest absolute Gasteiger partial charge is 0.325 e. The maximum Gasteiger partial charge on any atom is 0.0705 e. The Morgan fingerprint density at radius 3 is 2.65 bits per heavy atom. The summed E-state index contributed by atoms with van der Waals surface area (Å²) in [4.78, 5) is 4.77. The highest BCUT2D eigenvalue weighted by Gasteiger charge is 2.31. The molecule has 0 atom stereocenters. The van der Waals surface area contributed by atoms with Crippen LogP contribution in [0.25, 0.3) is 10.9 Å². The van der Waals surface area contributed by atoms with Crippen LogP contribution in [0, 0.1) is 5.92 Å². The van der Waals surface area contributed by atoms with Crippen molar-refractivity contribution in [2.45, 2.75) is 51.0 Å². The number of benzene rings is 1. The summed E-state index contributed by atoms with van der Waals surface area (Å²) in [5.41, 5.74) is 8.79. The Morgan fingerprint density at radius 1 is 1.15 bits per heavy atom. The zero-order chi connectivity index (χ0) is 14.0. The van der Waals surface area contributed by atoms with Crippen molar-refractivity contribution < 1.29 is 0 Å². The van der Waals surface area contributed by atoms with Crippen LogP contribution in [0.5, 0.6) is 0 Å². The number of nitrogens with two attached hydrogens (primary N) is 1. The van der Waals surface area contributed by atoms with Crippen molar-refractivity contribution in [2.75, 3.05) is 0 Å². The summed E-state index contributed by atoms with van der Waals surface area (Å²) >= 11 is 0. The van der Waals surface area contributed by atoms with Crippen LogP contribution in [0.4, 0.5) is 0 Å². The number of hydrogen-bond donors (Lipinski definition) is 1. The first-order valence-corrected chi connectivity index (χ1v) is 7.82. The van der Waals surface area contributed by atoms with E-state index in [0.29, 0.717) is 0 Å². The maximum atomic E-state index is 6.61. The minimum atomic E-state index is -0.0405. The van der Waals surface area contributed by atoms with Crippen molar-refractivity contribution in [3.05, 3.63) is 42.1 Å². The van der Waals surface area contributed by atoms with Crippen LogP contribution in [-0.4, -0.2) is 10.5 Å². The molecule has 3 rings (SSSR count). The van der Waals surface area contributed by atoms with Crippen LogP contribution < -0.4 is 5.73 Å². The second kappa shape index (κ2) is 5.53. The number of para-hydroxylation sites is 1. The number of hydrogen-bond acceptors (Lipinski definition) is 2. The Labute approximate surface area is 121 Å². The molecule has 1 saturated carbocycles. The molecule has 0 unspecified atom stereocenters. The fourth-order valence-electron chi connectivity index (χ4n) is 3.40. The van der Waals surface area contributed by atoms with Gasteiger partial charge in [-0.3, -0.25) is 4.98 Å². The van der Waals surface area contributed by atoms with Gasteiger partial charge in [0.2, 0.25) is 0 Å². The van der Waals surface area contributed by atoms with E-state index in [2.05, 4.69) is 37.3 Å². The smallest absolute Gasteiger partial charge is 0.0705 e. The van der Waals surface area contributed by atoms with E-state index in [4.69, 9.17) is 10.7 Å². The predicted molar refractivity (Wildman–Crippen MR) is 84.6 cm³/mol. The molecule has 20 heavy (non-hydrogen) atoms. The second-order valence-corrected chi connectivity index (χ2v) is 6.39. The molecule has 0 aliphatic heterocycles. The fourth-order valence-corrected chi connectivity index (χ4v) is 3.40. The summed E-state index contributed by atoms with van der Waals surface area (Å²) in [6, 6.07) is 12.6. The Balaban J connectivity index is 1.75.